The number of anilines is 3. The number of likely N-dealkylation sites (tertiary alicyclic amines) is 1. The zero-order valence-electron chi connectivity index (χ0n) is 22.1. The fourth-order valence-corrected chi connectivity index (χ4v) is 5.35. The van der Waals surface area contributed by atoms with Crippen LogP contribution in [0.5, 0.6) is 0 Å². The van der Waals surface area contributed by atoms with E-state index in [0.29, 0.717) is 47.0 Å². The minimum absolute atomic E-state index is 0.0329. The number of fused-ring (bicyclic) bond motifs is 1. The summed E-state index contributed by atoms with van der Waals surface area (Å²) in [5, 5.41) is 27.8. The maximum atomic E-state index is 12.9. The van der Waals surface area contributed by atoms with Crippen LogP contribution in [0.15, 0.2) is 30.5 Å². The standard InChI is InChI=1S/C27H30BN8O3/c1-18-10-23(36(33-18)14-24(39)34-8-4-3-5-9-34)32-26-30-7-6-22(31-26)19-11-20(13-29)25-21(12-19)27(2,16-37)15-35(25)28-17-38/h6-7,10-12,17,37H,3-5,8-9,14-16H2,1-2H3,(H,30,31,32)/t27-/m1/s1. The molecule has 39 heavy (non-hydrogen) atoms. The highest BCUT2D eigenvalue weighted by Gasteiger charge is 2.40. The summed E-state index contributed by atoms with van der Waals surface area (Å²) in [4.78, 5) is 36.7. The van der Waals surface area contributed by atoms with Gasteiger partial charge in [0.1, 0.15) is 24.6 Å². The Morgan fingerprint density at radius 2 is 2.08 bits per heavy atom. The maximum Gasteiger partial charge on any atom is 0.329 e. The van der Waals surface area contributed by atoms with Gasteiger partial charge in [-0.2, -0.15) is 10.4 Å². The van der Waals surface area contributed by atoms with E-state index in [9.17, 15) is 20.0 Å². The van der Waals surface area contributed by atoms with Crippen LogP contribution in [0.1, 0.15) is 43.0 Å². The lowest BCUT2D eigenvalue weighted by atomic mass is 9.83. The van der Waals surface area contributed by atoms with Gasteiger partial charge in [0, 0.05) is 48.6 Å². The molecule has 199 valence electrons. The molecule has 1 atom stereocenters. The molecular formula is C27H30BN8O3. The van der Waals surface area contributed by atoms with Crippen LogP contribution in [-0.4, -0.2) is 75.5 Å². The highest BCUT2D eigenvalue weighted by molar-refractivity contribution is 6.70. The number of amides is 1. The number of aliphatic hydroxyl groups excluding tert-OH is 1. The molecule has 1 radical (unpaired) electrons. The smallest absolute Gasteiger partial charge is 0.329 e. The van der Waals surface area contributed by atoms with Gasteiger partial charge < -0.3 is 24.9 Å². The molecule has 1 amide bonds. The number of carbonyl (C=O) groups excluding carboxylic acids is 2. The van der Waals surface area contributed by atoms with E-state index in [1.807, 2.05) is 30.9 Å². The molecule has 2 aliphatic heterocycles. The molecule has 2 aliphatic rings. The number of aromatic nitrogens is 4. The summed E-state index contributed by atoms with van der Waals surface area (Å²) in [6.07, 6.45) is 5.50. The van der Waals surface area contributed by atoms with E-state index in [-0.39, 0.29) is 19.1 Å². The first-order chi connectivity index (χ1) is 18.8. The van der Waals surface area contributed by atoms with Crippen LogP contribution >= 0.6 is 0 Å². The molecule has 1 saturated heterocycles. The number of benzene rings is 1. The first-order valence-corrected chi connectivity index (χ1v) is 13.0. The van der Waals surface area contributed by atoms with Crippen molar-refractivity contribution in [2.24, 2.45) is 0 Å². The lowest BCUT2D eigenvalue weighted by Gasteiger charge is -2.26. The summed E-state index contributed by atoms with van der Waals surface area (Å²) >= 11 is 0. The van der Waals surface area contributed by atoms with Gasteiger partial charge in [0.05, 0.1) is 23.6 Å². The van der Waals surface area contributed by atoms with Crippen LogP contribution in [0.3, 0.4) is 0 Å². The SMILES string of the molecule is Cc1cc(Nc2nccc(-c3cc(C#N)c4c(c3)[C@@](C)(CO)CN4[B]C=O)n2)n(CC(=O)N2CCCCC2)n1. The Kier molecular flexibility index (Phi) is 7.35. The van der Waals surface area contributed by atoms with E-state index in [0.717, 1.165) is 43.6 Å². The summed E-state index contributed by atoms with van der Waals surface area (Å²) in [5.41, 5.74) is 3.15. The first-order valence-electron chi connectivity index (χ1n) is 13.0. The monoisotopic (exact) mass is 525 g/mol. The molecule has 0 saturated carbocycles. The summed E-state index contributed by atoms with van der Waals surface area (Å²) in [6, 6.07) is 9.45. The molecule has 12 heteroatoms. The lowest BCUT2D eigenvalue weighted by Crippen LogP contribution is -2.38. The average molecular weight is 525 g/mol. The third-order valence-corrected chi connectivity index (χ3v) is 7.36. The number of nitriles is 1. The molecule has 5 rings (SSSR count). The van der Waals surface area contributed by atoms with Crippen molar-refractivity contribution in [3.8, 4) is 17.3 Å². The number of hydrogen-bond acceptors (Lipinski definition) is 9. The van der Waals surface area contributed by atoms with Gasteiger partial charge in [-0.1, -0.05) is 6.92 Å². The number of nitrogens with zero attached hydrogens (tertiary/aromatic N) is 7. The normalized spacial score (nSPS) is 18.4. The molecule has 1 aromatic carbocycles. The van der Waals surface area contributed by atoms with Crippen molar-refractivity contribution in [3.05, 3.63) is 47.3 Å². The minimum atomic E-state index is -0.657. The Bertz CT molecular complexity index is 1450. The Hall–Kier alpha value is -4.24. The Balaban J connectivity index is 1.44. The van der Waals surface area contributed by atoms with Gasteiger partial charge in [-0.05, 0) is 49.9 Å². The summed E-state index contributed by atoms with van der Waals surface area (Å²) in [7, 11) is 1.38. The van der Waals surface area contributed by atoms with Crippen LogP contribution in [0, 0.1) is 18.3 Å². The highest BCUT2D eigenvalue weighted by atomic mass is 16.3. The third-order valence-electron chi connectivity index (χ3n) is 7.36. The number of hydrogen-bond donors (Lipinski definition) is 2. The first kappa shape index (κ1) is 26.4. The van der Waals surface area contributed by atoms with Gasteiger partial charge >= 0.3 is 7.41 Å². The van der Waals surface area contributed by atoms with Crippen molar-refractivity contribution < 1.29 is 14.7 Å². The second-order valence-corrected chi connectivity index (χ2v) is 10.3. The molecule has 1 fully saturated rings. The number of aliphatic hydroxyl groups is 1. The van der Waals surface area contributed by atoms with Gasteiger partial charge in [-0.3, -0.25) is 4.79 Å². The van der Waals surface area contributed by atoms with Crippen LogP contribution in [0.4, 0.5) is 17.5 Å². The maximum absolute atomic E-state index is 12.9. The number of piperidine rings is 1. The van der Waals surface area contributed by atoms with Crippen LogP contribution in [-0.2, 0) is 21.5 Å². The second-order valence-electron chi connectivity index (χ2n) is 10.3. The molecule has 4 heterocycles. The van der Waals surface area contributed by atoms with Gasteiger partial charge in [0.25, 0.3) is 0 Å². The predicted molar refractivity (Wildman–Crippen MR) is 147 cm³/mol. The molecule has 0 bridgehead atoms. The van der Waals surface area contributed by atoms with Crippen molar-refractivity contribution >= 4 is 37.0 Å². The fourth-order valence-electron chi connectivity index (χ4n) is 5.35. The molecule has 3 aromatic rings. The number of rotatable bonds is 8. The molecule has 11 nitrogen and oxygen atoms in total. The molecule has 2 aromatic heterocycles. The van der Waals surface area contributed by atoms with Crippen molar-refractivity contribution in [1.82, 2.24) is 24.6 Å². The molecule has 0 unspecified atom stereocenters. The van der Waals surface area contributed by atoms with E-state index in [2.05, 4.69) is 26.5 Å². The van der Waals surface area contributed by atoms with Gasteiger partial charge in [0.15, 0.2) is 0 Å². The predicted octanol–water partition coefficient (Wildman–Crippen LogP) is 2.16. The van der Waals surface area contributed by atoms with Crippen molar-refractivity contribution in [2.45, 2.75) is 45.1 Å². The Morgan fingerprint density at radius 3 is 2.79 bits per heavy atom. The Morgan fingerprint density at radius 1 is 1.28 bits per heavy atom. The van der Waals surface area contributed by atoms with E-state index < -0.39 is 5.41 Å². The van der Waals surface area contributed by atoms with Gasteiger partial charge in [0.2, 0.25) is 11.9 Å². The van der Waals surface area contributed by atoms with E-state index in [4.69, 9.17) is 0 Å². The number of aryl methyl sites for hydroxylation is 1. The topological polar surface area (TPSA) is 140 Å². The van der Waals surface area contributed by atoms with Crippen LogP contribution in [0.25, 0.3) is 11.3 Å². The molecule has 2 N–H and O–H groups in total. The van der Waals surface area contributed by atoms with Crippen molar-refractivity contribution in [3.63, 3.8) is 0 Å². The zero-order chi connectivity index (χ0) is 27.6. The van der Waals surface area contributed by atoms with Gasteiger partial charge in [-0.15, -0.1) is 0 Å². The number of carbonyl (C=O) groups is 2. The summed E-state index contributed by atoms with van der Waals surface area (Å²) in [6.45, 7) is 5.68. The van der Waals surface area contributed by atoms with E-state index >= 15 is 0 Å². The lowest BCUT2D eigenvalue weighted by molar-refractivity contribution is -0.132. The summed E-state index contributed by atoms with van der Waals surface area (Å²) < 4.78 is 1.64. The number of nitrogens with one attached hydrogen (secondary N) is 1. The van der Waals surface area contributed by atoms with Crippen molar-refractivity contribution in [2.75, 3.05) is 36.4 Å². The van der Waals surface area contributed by atoms with E-state index in [1.165, 1.54) is 7.41 Å². The van der Waals surface area contributed by atoms with Crippen molar-refractivity contribution in [1.29, 1.82) is 5.26 Å². The molecular weight excluding hydrogens is 495 g/mol. The largest absolute Gasteiger partial charge is 0.410 e. The zero-order valence-corrected chi connectivity index (χ0v) is 22.1. The fraction of sp³-hybridized carbons (Fsp3) is 0.407. The summed E-state index contributed by atoms with van der Waals surface area (Å²) in [5.74, 6) is 0.957. The van der Waals surface area contributed by atoms with E-state index in [1.54, 1.807) is 27.8 Å². The second kappa shape index (κ2) is 10.9. The highest BCUT2D eigenvalue weighted by Crippen LogP contribution is 2.44. The quantitative estimate of drug-likeness (QED) is 0.334. The average Bonchev–Trinajstić information content (AvgIpc) is 3.44. The molecule has 0 spiro atoms. The van der Waals surface area contributed by atoms with Gasteiger partial charge in [-0.25, -0.2) is 14.6 Å². The van der Waals surface area contributed by atoms with Crippen LogP contribution < -0.4 is 10.1 Å². The Labute approximate surface area is 227 Å². The minimum Gasteiger partial charge on any atom is -0.410 e. The third kappa shape index (κ3) is 5.22. The molecule has 0 aliphatic carbocycles. The van der Waals surface area contributed by atoms with Crippen LogP contribution in [0.2, 0.25) is 0 Å².